The van der Waals surface area contributed by atoms with Crippen molar-refractivity contribution >= 4 is 5.71 Å². The van der Waals surface area contributed by atoms with Crippen molar-refractivity contribution in [2.45, 2.75) is 71.6 Å². The first-order valence-electron chi connectivity index (χ1n) is 8.15. The topological polar surface area (TPSA) is 52.8 Å². The van der Waals surface area contributed by atoms with Crippen molar-refractivity contribution in [3.8, 4) is 5.75 Å². The molecule has 0 aliphatic carbocycles. The smallest absolute Gasteiger partial charge is 0.119 e. The van der Waals surface area contributed by atoms with Gasteiger partial charge in [-0.1, -0.05) is 62.7 Å². The predicted molar refractivity (Wildman–Crippen MR) is 88.4 cm³/mol. The fraction of sp³-hybridized carbons (Fsp3) is 0.611. The van der Waals surface area contributed by atoms with Crippen LogP contribution >= 0.6 is 0 Å². The van der Waals surface area contributed by atoms with Crippen molar-refractivity contribution in [3.05, 3.63) is 29.3 Å². The second kappa shape index (κ2) is 10.3. The first-order valence-corrected chi connectivity index (χ1v) is 8.15. The highest BCUT2D eigenvalue weighted by atomic mass is 16.4. The van der Waals surface area contributed by atoms with Gasteiger partial charge < -0.3 is 10.3 Å². The van der Waals surface area contributed by atoms with Crippen molar-refractivity contribution < 1.29 is 10.3 Å². The number of benzene rings is 1. The number of nitrogens with zero attached hydrogens (tertiary/aromatic N) is 1. The van der Waals surface area contributed by atoms with Crippen LogP contribution in [0.3, 0.4) is 0 Å². The zero-order valence-electron chi connectivity index (χ0n) is 13.4. The highest BCUT2D eigenvalue weighted by molar-refractivity contribution is 5.86. The Balaban J connectivity index is 2.29. The van der Waals surface area contributed by atoms with Gasteiger partial charge in [0.15, 0.2) is 0 Å². The average Bonchev–Trinajstić information content (AvgIpc) is 2.47. The minimum Gasteiger partial charge on any atom is -0.508 e. The number of hydrogen-bond donors (Lipinski definition) is 2. The third-order valence-electron chi connectivity index (χ3n) is 3.85. The molecule has 0 aliphatic heterocycles. The van der Waals surface area contributed by atoms with E-state index in [1.807, 2.05) is 19.1 Å². The van der Waals surface area contributed by atoms with Crippen molar-refractivity contribution in [3.63, 3.8) is 0 Å². The number of aromatic hydroxyl groups is 1. The molecule has 2 N–H and O–H groups in total. The molecule has 0 aromatic heterocycles. The summed E-state index contributed by atoms with van der Waals surface area (Å²) in [6.07, 6.45) is 10.1. The number of aryl methyl sites for hydroxylation is 1. The number of phenols is 1. The van der Waals surface area contributed by atoms with E-state index in [2.05, 4.69) is 12.1 Å². The summed E-state index contributed by atoms with van der Waals surface area (Å²) in [5, 5.41) is 22.4. The molecule has 0 spiro atoms. The number of unbranched alkanes of at least 4 members (excludes halogenated alkanes) is 6. The van der Waals surface area contributed by atoms with Crippen molar-refractivity contribution in [1.82, 2.24) is 0 Å². The van der Waals surface area contributed by atoms with E-state index in [9.17, 15) is 5.11 Å². The van der Waals surface area contributed by atoms with Gasteiger partial charge in [0.2, 0.25) is 0 Å². The average molecular weight is 291 g/mol. The van der Waals surface area contributed by atoms with Gasteiger partial charge in [-0.15, -0.1) is 0 Å². The fourth-order valence-electron chi connectivity index (χ4n) is 2.50. The Morgan fingerprint density at radius 3 is 2.33 bits per heavy atom. The number of phenolic OH excluding ortho intramolecular Hbond substituents is 1. The SMILES string of the molecule is CCCCCCCCCC(Cc1ccc(C)cc1O)=NO. The summed E-state index contributed by atoms with van der Waals surface area (Å²) in [7, 11) is 0. The molecule has 3 nitrogen and oxygen atoms in total. The summed E-state index contributed by atoms with van der Waals surface area (Å²) in [5.74, 6) is 0.288. The highest BCUT2D eigenvalue weighted by Crippen LogP contribution is 2.20. The van der Waals surface area contributed by atoms with E-state index in [0.29, 0.717) is 6.42 Å². The molecule has 0 atom stereocenters. The largest absolute Gasteiger partial charge is 0.508 e. The minimum absolute atomic E-state index is 0.288. The second-order valence-corrected chi connectivity index (χ2v) is 5.85. The van der Waals surface area contributed by atoms with Crippen LogP contribution in [0.1, 0.15) is 69.4 Å². The number of rotatable bonds is 10. The van der Waals surface area contributed by atoms with Crippen LogP contribution in [-0.2, 0) is 6.42 Å². The summed E-state index contributed by atoms with van der Waals surface area (Å²) in [4.78, 5) is 0. The molecular formula is C18H29NO2. The molecule has 21 heavy (non-hydrogen) atoms. The lowest BCUT2D eigenvalue weighted by Gasteiger charge is -2.07. The van der Waals surface area contributed by atoms with E-state index in [0.717, 1.165) is 29.7 Å². The zero-order valence-corrected chi connectivity index (χ0v) is 13.4. The molecule has 0 bridgehead atoms. The van der Waals surface area contributed by atoms with Gasteiger partial charge in [-0.05, 0) is 37.0 Å². The molecule has 1 aromatic carbocycles. The Hall–Kier alpha value is -1.51. The van der Waals surface area contributed by atoms with Crippen LogP contribution in [0.4, 0.5) is 0 Å². The van der Waals surface area contributed by atoms with Crippen molar-refractivity contribution in [2.75, 3.05) is 0 Å². The Labute approximate surface area is 128 Å². The third-order valence-corrected chi connectivity index (χ3v) is 3.85. The highest BCUT2D eigenvalue weighted by Gasteiger charge is 2.07. The number of oxime groups is 1. The summed E-state index contributed by atoms with van der Waals surface area (Å²) in [6, 6.07) is 5.62. The van der Waals surface area contributed by atoms with Gasteiger partial charge >= 0.3 is 0 Å². The standard InChI is InChI=1S/C18H29NO2/c1-3-4-5-6-7-8-9-10-17(19-21)14-16-12-11-15(2)13-18(16)20/h11-13,20-21H,3-10,14H2,1-2H3. The van der Waals surface area contributed by atoms with Gasteiger partial charge in [0, 0.05) is 6.42 Å². The lowest BCUT2D eigenvalue weighted by Crippen LogP contribution is -2.04. The number of hydrogen-bond acceptors (Lipinski definition) is 3. The summed E-state index contributed by atoms with van der Waals surface area (Å²) in [5.41, 5.74) is 2.62. The van der Waals surface area contributed by atoms with E-state index in [-0.39, 0.29) is 5.75 Å². The molecule has 118 valence electrons. The molecule has 0 radical (unpaired) electrons. The first kappa shape index (κ1) is 17.5. The van der Waals surface area contributed by atoms with Gasteiger partial charge in [-0.3, -0.25) is 0 Å². The molecule has 0 fully saturated rings. The van der Waals surface area contributed by atoms with Crippen LogP contribution < -0.4 is 0 Å². The van der Waals surface area contributed by atoms with E-state index in [1.165, 1.54) is 38.5 Å². The third kappa shape index (κ3) is 7.16. The maximum Gasteiger partial charge on any atom is 0.119 e. The van der Waals surface area contributed by atoms with Gasteiger partial charge in [-0.25, -0.2) is 0 Å². The van der Waals surface area contributed by atoms with Gasteiger partial charge in [0.05, 0.1) is 5.71 Å². The lowest BCUT2D eigenvalue weighted by atomic mass is 10.0. The minimum atomic E-state index is 0.288. The van der Waals surface area contributed by atoms with Crippen LogP contribution in [0.25, 0.3) is 0 Å². The molecule has 1 rings (SSSR count). The van der Waals surface area contributed by atoms with E-state index < -0.39 is 0 Å². The molecule has 1 aromatic rings. The molecule has 0 amide bonds. The predicted octanol–water partition coefficient (Wildman–Crippen LogP) is 5.21. The molecule has 0 aliphatic rings. The normalized spacial score (nSPS) is 11.8. The molecule has 3 heteroatoms. The van der Waals surface area contributed by atoms with Gasteiger partial charge in [0.25, 0.3) is 0 Å². The van der Waals surface area contributed by atoms with Crippen molar-refractivity contribution in [2.24, 2.45) is 5.16 Å². The van der Waals surface area contributed by atoms with E-state index in [4.69, 9.17) is 5.21 Å². The van der Waals surface area contributed by atoms with E-state index >= 15 is 0 Å². The molecular weight excluding hydrogens is 262 g/mol. The maximum atomic E-state index is 9.89. The van der Waals surface area contributed by atoms with Crippen LogP contribution in [0.2, 0.25) is 0 Å². The second-order valence-electron chi connectivity index (χ2n) is 5.85. The van der Waals surface area contributed by atoms with E-state index in [1.54, 1.807) is 6.07 Å². The quantitative estimate of drug-likeness (QED) is 0.269. The summed E-state index contributed by atoms with van der Waals surface area (Å²) >= 11 is 0. The first-order chi connectivity index (χ1) is 10.2. The van der Waals surface area contributed by atoms with Gasteiger partial charge in [-0.2, -0.15) is 0 Å². The Kier molecular flexibility index (Phi) is 8.56. The van der Waals surface area contributed by atoms with Crippen LogP contribution in [0, 0.1) is 6.92 Å². The van der Waals surface area contributed by atoms with Crippen LogP contribution in [-0.4, -0.2) is 16.0 Å². The molecule has 0 unspecified atom stereocenters. The Morgan fingerprint density at radius 2 is 1.71 bits per heavy atom. The molecule has 0 heterocycles. The zero-order chi connectivity index (χ0) is 15.5. The summed E-state index contributed by atoms with van der Waals surface area (Å²) in [6.45, 7) is 4.17. The molecule has 0 saturated heterocycles. The van der Waals surface area contributed by atoms with Crippen LogP contribution in [0.5, 0.6) is 5.75 Å². The monoisotopic (exact) mass is 291 g/mol. The fourth-order valence-corrected chi connectivity index (χ4v) is 2.50. The Bertz CT molecular complexity index is 441. The van der Waals surface area contributed by atoms with Gasteiger partial charge in [0.1, 0.15) is 5.75 Å². The van der Waals surface area contributed by atoms with Crippen molar-refractivity contribution in [1.29, 1.82) is 0 Å². The Morgan fingerprint density at radius 1 is 1.05 bits per heavy atom. The summed E-state index contributed by atoms with van der Waals surface area (Å²) < 4.78 is 0. The molecule has 0 saturated carbocycles. The maximum absolute atomic E-state index is 9.89. The lowest BCUT2D eigenvalue weighted by molar-refractivity contribution is 0.316. The van der Waals surface area contributed by atoms with Crippen LogP contribution in [0.15, 0.2) is 23.4 Å².